The highest BCUT2D eigenvalue weighted by molar-refractivity contribution is 6.05. The molecular weight excluding hydrogens is 396 g/mol. The van der Waals surface area contributed by atoms with Crippen LogP contribution in [0, 0.1) is 17.0 Å². The third-order valence-corrected chi connectivity index (χ3v) is 4.94. The summed E-state index contributed by atoms with van der Waals surface area (Å²) in [6, 6.07) is 17.4. The molecule has 1 heterocycles. The Morgan fingerprint density at radius 3 is 2.48 bits per heavy atom. The Balaban J connectivity index is 1.58. The molecule has 0 radical (unpaired) electrons. The number of nitro benzene ring substituents is 1. The van der Waals surface area contributed by atoms with Crippen molar-refractivity contribution in [2.75, 3.05) is 24.3 Å². The molecule has 0 saturated heterocycles. The van der Waals surface area contributed by atoms with Crippen molar-refractivity contribution in [1.29, 1.82) is 0 Å². The summed E-state index contributed by atoms with van der Waals surface area (Å²) < 4.78 is 5.84. The second kappa shape index (κ2) is 7.91. The number of nitrogens with one attached hydrogen (secondary N) is 1. The van der Waals surface area contributed by atoms with E-state index in [0.29, 0.717) is 28.2 Å². The molecule has 0 fully saturated rings. The number of carbonyl (C=O) groups is 1. The standard InChI is InChI=1S/C23H20N4O4/c1-14-4-5-16(12-20(14)27(29)30)22(28)24-17-8-11-21-19(13-17)25-23(31-21)15-6-9-18(10-7-15)26(2)3/h4-13H,1-3H3,(H,24,28). The molecule has 0 aliphatic carbocycles. The van der Waals surface area contributed by atoms with E-state index in [1.165, 1.54) is 6.07 Å². The van der Waals surface area contributed by atoms with Crippen LogP contribution in [0.4, 0.5) is 17.1 Å². The molecule has 8 heteroatoms. The number of rotatable bonds is 5. The zero-order valence-corrected chi connectivity index (χ0v) is 17.2. The van der Waals surface area contributed by atoms with Gasteiger partial charge in [-0.1, -0.05) is 6.07 Å². The zero-order valence-electron chi connectivity index (χ0n) is 17.2. The van der Waals surface area contributed by atoms with Gasteiger partial charge in [-0.25, -0.2) is 4.98 Å². The van der Waals surface area contributed by atoms with Gasteiger partial charge in [0.15, 0.2) is 5.58 Å². The Kier molecular flexibility index (Phi) is 5.12. The number of aryl methyl sites for hydroxylation is 1. The van der Waals surface area contributed by atoms with Crippen LogP contribution in [0.15, 0.2) is 65.1 Å². The number of hydrogen-bond donors (Lipinski definition) is 1. The predicted octanol–water partition coefficient (Wildman–Crippen LogP) is 5.03. The second-order valence-electron chi connectivity index (χ2n) is 7.36. The molecule has 0 aliphatic rings. The van der Waals surface area contributed by atoms with Crippen LogP contribution in [-0.2, 0) is 0 Å². The minimum absolute atomic E-state index is 0.0930. The van der Waals surface area contributed by atoms with Crippen molar-refractivity contribution in [3.8, 4) is 11.5 Å². The van der Waals surface area contributed by atoms with Crippen molar-refractivity contribution in [2.24, 2.45) is 0 Å². The lowest BCUT2D eigenvalue weighted by atomic mass is 10.1. The molecule has 1 amide bonds. The normalized spacial score (nSPS) is 10.8. The zero-order chi connectivity index (χ0) is 22.1. The molecule has 1 N–H and O–H groups in total. The maximum atomic E-state index is 12.6. The molecule has 8 nitrogen and oxygen atoms in total. The molecule has 156 valence electrons. The fourth-order valence-electron chi connectivity index (χ4n) is 3.18. The molecule has 0 atom stereocenters. The molecule has 0 bridgehead atoms. The van der Waals surface area contributed by atoms with Crippen molar-refractivity contribution in [2.45, 2.75) is 6.92 Å². The minimum atomic E-state index is -0.500. The third-order valence-electron chi connectivity index (χ3n) is 4.94. The van der Waals surface area contributed by atoms with Crippen LogP contribution < -0.4 is 10.2 Å². The highest BCUT2D eigenvalue weighted by Gasteiger charge is 2.16. The highest BCUT2D eigenvalue weighted by atomic mass is 16.6. The van der Waals surface area contributed by atoms with E-state index in [9.17, 15) is 14.9 Å². The number of nitrogens with zero attached hydrogens (tertiary/aromatic N) is 3. The van der Waals surface area contributed by atoms with Gasteiger partial charge in [-0.05, 0) is 55.5 Å². The maximum absolute atomic E-state index is 12.6. The van der Waals surface area contributed by atoms with E-state index < -0.39 is 10.8 Å². The summed E-state index contributed by atoms with van der Waals surface area (Å²) in [5.74, 6) is 0.0448. The van der Waals surface area contributed by atoms with Crippen LogP contribution in [0.1, 0.15) is 15.9 Å². The first-order valence-electron chi connectivity index (χ1n) is 9.56. The van der Waals surface area contributed by atoms with Crippen LogP contribution in [0.5, 0.6) is 0 Å². The van der Waals surface area contributed by atoms with Gasteiger partial charge in [-0.3, -0.25) is 14.9 Å². The van der Waals surface area contributed by atoms with E-state index in [1.807, 2.05) is 43.3 Å². The van der Waals surface area contributed by atoms with Crippen molar-refractivity contribution in [3.63, 3.8) is 0 Å². The molecule has 0 aliphatic heterocycles. The van der Waals surface area contributed by atoms with E-state index >= 15 is 0 Å². The average Bonchev–Trinajstić information content (AvgIpc) is 3.17. The molecule has 0 unspecified atom stereocenters. The Bertz CT molecular complexity index is 1290. The average molecular weight is 416 g/mol. The number of hydrogen-bond acceptors (Lipinski definition) is 6. The van der Waals surface area contributed by atoms with Gasteiger partial charge in [0.1, 0.15) is 5.52 Å². The summed E-state index contributed by atoms with van der Waals surface area (Å²) in [6.45, 7) is 1.63. The van der Waals surface area contributed by atoms with E-state index in [-0.39, 0.29) is 11.3 Å². The first kappa shape index (κ1) is 20.1. The maximum Gasteiger partial charge on any atom is 0.273 e. The first-order valence-corrected chi connectivity index (χ1v) is 9.56. The van der Waals surface area contributed by atoms with Gasteiger partial charge in [-0.15, -0.1) is 0 Å². The fourth-order valence-corrected chi connectivity index (χ4v) is 3.18. The van der Waals surface area contributed by atoms with Crippen LogP contribution in [0.2, 0.25) is 0 Å². The predicted molar refractivity (Wildman–Crippen MR) is 120 cm³/mol. The smallest absolute Gasteiger partial charge is 0.273 e. The lowest BCUT2D eigenvalue weighted by molar-refractivity contribution is -0.385. The number of oxazole rings is 1. The Morgan fingerprint density at radius 1 is 1.06 bits per heavy atom. The largest absolute Gasteiger partial charge is 0.436 e. The van der Waals surface area contributed by atoms with Gasteiger partial charge >= 0.3 is 0 Å². The number of aromatic nitrogens is 1. The topological polar surface area (TPSA) is 102 Å². The van der Waals surface area contributed by atoms with Gasteiger partial charge < -0.3 is 14.6 Å². The number of nitro groups is 1. The number of anilines is 2. The molecule has 1 aromatic heterocycles. The summed E-state index contributed by atoms with van der Waals surface area (Å²) in [6.07, 6.45) is 0. The Morgan fingerprint density at radius 2 is 1.81 bits per heavy atom. The van der Waals surface area contributed by atoms with Crippen molar-refractivity contribution < 1.29 is 14.1 Å². The van der Waals surface area contributed by atoms with Gasteiger partial charge in [0.2, 0.25) is 5.89 Å². The van der Waals surface area contributed by atoms with Gasteiger partial charge in [0.05, 0.1) is 4.92 Å². The summed E-state index contributed by atoms with van der Waals surface area (Å²) in [5, 5.41) is 13.9. The third kappa shape index (κ3) is 4.09. The van der Waals surface area contributed by atoms with E-state index in [1.54, 1.807) is 37.3 Å². The van der Waals surface area contributed by atoms with Gasteiger partial charge in [-0.2, -0.15) is 0 Å². The van der Waals surface area contributed by atoms with Gasteiger partial charge in [0.25, 0.3) is 11.6 Å². The first-order chi connectivity index (χ1) is 14.8. The molecule has 31 heavy (non-hydrogen) atoms. The fraction of sp³-hybridized carbons (Fsp3) is 0.130. The SMILES string of the molecule is Cc1ccc(C(=O)Nc2ccc3oc(-c4ccc(N(C)C)cc4)nc3c2)cc1[N+](=O)[O-]. The second-order valence-corrected chi connectivity index (χ2v) is 7.36. The molecule has 4 rings (SSSR count). The Labute approximate surface area is 178 Å². The van der Waals surface area contributed by atoms with Crippen LogP contribution >= 0.6 is 0 Å². The van der Waals surface area contributed by atoms with E-state index in [4.69, 9.17) is 4.42 Å². The van der Waals surface area contributed by atoms with Crippen molar-refractivity contribution >= 4 is 34.1 Å². The van der Waals surface area contributed by atoms with Crippen molar-refractivity contribution in [3.05, 3.63) is 81.9 Å². The monoisotopic (exact) mass is 416 g/mol. The molecule has 3 aromatic carbocycles. The summed E-state index contributed by atoms with van der Waals surface area (Å²) in [7, 11) is 3.94. The van der Waals surface area contributed by atoms with Gasteiger partial charge in [0, 0.05) is 48.2 Å². The summed E-state index contributed by atoms with van der Waals surface area (Å²) in [4.78, 5) is 29.7. The van der Waals surface area contributed by atoms with Crippen LogP contribution in [0.3, 0.4) is 0 Å². The Hall–Kier alpha value is -4.20. The minimum Gasteiger partial charge on any atom is -0.436 e. The van der Waals surface area contributed by atoms with Crippen LogP contribution in [-0.4, -0.2) is 29.9 Å². The van der Waals surface area contributed by atoms with Crippen LogP contribution in [0.25, 0.3) is 22.6 Å². The molecular formula is C23H20N4O4. The quantitative estimate of drug-likeness (QED) is 0.362. The summed E-state index contributed by atoms with van der Waals surface area (Å²) >= 11 is 0. The molecule has 0 saturated carbocycles. The number of amides is 1. The number of fused-ring (bicyclic) bond motifs is 1. The summed E-state index contributed by atoms with van der Waals surface area (Å²) in [5.41, 5.74) is 4.24. The van der Waals surface area contributed by atoms with Crippen molar-refractivity contribution in [1.82, 2.24) is 4.98 Å². The lowest BCUT2D eigenvalue weighted by Gasteiger charge is -2.11. The highest BCUT2D eigenvalue weighted by Crippen LogP contribution is 2.28. The molecule has 4 aromatic rings. The lowest BCUT2D eigenvalue weighted by Crippen LogP contribution is -2.12. The molecule has 0 spiro atoms. The number of benzene rings is 3. The van der Waals surface area contributed by atoms with E-state index in [2.05, 4.69) is 10.3 Å². The van der Waals surface area contributed by atoms with E-state index in [0.717, 1.165) is 11.3 Å². The number of carbonyl (C=O) groups excluding carboxylic acids is 1.